The Morgan fingerprint density at radius 2 is 1.03 bits per heavy atom. The van der Waals surface area contributed by atoms with Crippen molar-refractivity contribution in [3.05, 3.63) is 59.7 Å². The summed E-state index contributed by atoms with van der Waals surface area (Å²) in [6.45, 7) is 10.1. The summed E-state index contributed by atoms with van der Waals surface area (Å²) in [5.74, 6) is 0.786. The fourth-order valence-corrected chi connectivity index (χ4v) is 6.54. The monoisotopic (exact) mass is 574 g/mol. The van der Waals surface area contributed by atoms with Crippen LogP contribution in [-0.4, -0.2) is 46.3 Å². The van der Waals surface area contributed by atoms with E-state index in [1.165, 1.54) is 6.92 Å². The summed E-state index contributed by atoms with van der Waals surface area (Å²) in [6, 6.07) is 14.1. The molecular weight excluding hydrogens is 534 g/mol. The molecule has 2 rings (SSSR count). The summed E-state index contributed by atoms with van der Waals surface area (Å²) in [4.78, 5) is 10.8. The van der Waals surface area contributed by atoms with Gasteiger partial charge in [-0.3, -0.25) is 13.9 Å². The van der Waals surface area contributed by atoms with E-state index in [-0.39, 0.29) is 25.1 Å². The van der Waals surface area contributed by atoms with Gasteiger partial charge in [0, 0.05) is 14.0 Å². The van der Waals surface area contributed by atoms with Gasteiger partial charge in [-0.25, -0.2) is 0 Å². The first-order valence-corrected chi connectivity index (χ1v) is 15.8. The van der Waals surface area contributed by atoms with Crippen molar-refractivity contribution in [1.82, 2.24) is 0 Å². The van der Waals surface area contributed by atoms with Gasteiger partial charge in [-0.1, -0.05) is 24.3 Å². The zero-order valence-corrected chi connectivity index (χ0v) is 24.8. The molecule has 0 N–H and O–H groups in total. The van der Waals surface area contributed by atoms with Gasteiger partial charge >= 0.3 is 21.2 Å². The van der Waals surface area contributed by atoms with Crippen LogP contribution in [0.25, 0.3) is 0 Å². The molecule has 0 atom stereocenters. The number of ether oxygens (including phenoxy) is 3. The Hall–Kier alpha value is -2.03. The summed E-state index contributed by atoms with van der Waals surface area (Å²) in [5, 5.41) is 0. The van der Waals surface area contributed by atoms with Crippen LogP contribution in [-0.2, 0) is 49.1 Å². The van der Waals surface area contributed by atoms with E-state index in [2.05, 4.69) is 0 Å². The lowest BCUT2D eigenvalue weighted by atomic mass is 10.2. The standard InChI is InChI=1S/C13H21O5P.C13H19O5P/c1-4-17-19(14,18-5-2)10-12-6-8-13(9-7-12)16-11-15-3;1-4-16-19(15,17-5-2)10-12-6-8-13(9-7-12)18-11(3)14/h6-9H,4-5,10-11H2,1-3H3;6-9H,4-5,10H2,1-3H3. The minimum atomic E-state index is -3.09. The molecule has 10 nitrogen and oxygen atoms in total. The third-order valence-corrected chi connectivity index (χ3v) is 8.62. The number of carbonyl (C=O) groups excluding carboxylic acids is 1. The summed E-state index contributed by atoms with van der Waals surface area (Å²) in [7, 11) is -4.57. The van der Waals surface area contributed by atoms with E-state index in [9.17, 15) is 13.9 Å². The zero-order chi connectivity index (χ0) is 28.4. The predicted octanol–water partition coefficient (Wildman–Crippen LogP) is 6.81. The average Bonchev–Trinajstić information content (AvgIpc) is 2.85. The van der Waals surface area contributed by atoms with Gasteiger partial charge in [-0.15, -0.1) is 0 Å². The molecule has 2 aromatic rings. The minimum absolute atomic E-state index is 0.203. The maximum Gasteiger partial charge on any atom is 0.335 e. The number of rotatable bonds is 16. The lowest BCUT2D eigenvalue weighted by molar-refractivity contribution is -0.131. The van der Waals surface area contributed by atoms with Crippen LogP contribution >= 0.6 is 15.2 Å². The normalized spacial score (nSPS) is 11.4. The molecule has 0 radical (unpaired) electrons. The highest BCUT2D eigenvalue weighted by atomic mass is 31.2. The molecule has 0 aromatic heterocycles. The third-order valence-electron chi connectivity index (χ3n) is 4.51. The third kappa shape index (κ3) is 13.7. The maximum absolute atomic E-state index is 12.3. The molecule has 0 aliphatic rings. The molecule has 0 aliphatic carbocycles. The minimum Gasteiger partial charge on any atom is -0.468 e. The van der Waals surface area contributed by atoms with E-state index in [0.29, 0.717) is 37.9 Å². The summed E-state index contributed by atoms with van der Waals surface area (Å²) in [6.07, 6.45) is 0.467. The molecule has 0 spiro atoms. The molecular formula is C26H40O10P2. The quantitative estimate of drug-likeness (QED) is 0.0916. The fourth-order valence-electron chi connectivity index (χ4n) is 3.14. The van der Waals surface area contributed by atoms with E-state index < -0.39 is 15.2 Å². The number of benzene rings is 2. The van der Waals surface area contributed by atoms with E-state index in [0.717, 1.165) is 11.1 Å². The Kier molecular flexibility index (Phi) is 16.4. The Labute approximate surface area is 225 Å². The number of methoxy groups -OCH3 is 1. The van der Waals surface area contributed by atoms with Crippen LogP contribution in [0.15, 0.2) is 48.5 Å². The SMILES string of the molecule is CCOP(=O)(Cc1ccc(OC(C)=O)cc1)OCC.CCOP(=O)(Cc1ccc(OCOC)cc1)OCC. The highest BCUT2D eigenvalue weighted by molar-refractivity contribution is 7.53. The first kappa shape index (κ1) is 34.0. The van der Waals surface area contributed by atoms with Crippen LogP contribution in [0.2, 0.25) is 0 Å². The van der Waals surface area contributed by atoms with Crippen molar-refractivity contribution in [3.63, 3.8) is 0 Å². The van der Waals surface area contributed by atoms with Crippen molar-refractivity contribution in [3.8, 4) is 11.5 Å². The van der Waals surface area contributed by atoms with Crippen molar-refractivity contribution in [1.29, 1.82) is 0 Å². The Morgan fingerprint density at radius 3 is 1.34 bits per heavy atom. The van der Waals surface area contributed by atoms with Gasteiger partial charge in [-0.05, 0) is 63.1 Å². The van der Waals surface area contributed by atoms with Gasteiger partial charge in [0.2, 0.25) is 0 Å². The number of hydrogen-bond donors (Lipinski definition) is 0. The highest BCUT2D eigenvalue weighted by Gasteiger charge is 2.24. The lowest BCUT2D eigenvalue weighted by Crippen LogP contribution is -2.02. The molecule has 38 heavy (non-hydrogen) atoms. The lowest BCUT2D eigenvalue weighted by Gasteiger charge is -2.17. The van der Waals surface area contributed by atoms with Crippen molar-refractivity contribution in [2.24, 2.45) is 0 Å². The van der Waals surface area contributed by atoms with E-state index in [1.54, 1.807) is 71.2 Å². The largest absolute Gasteiger partial charge is 0.468 e. The van der Waals surface area contributed by atoms with Gasteiger partial charge in [0.1, 0.15) is 11.5 Å². The maximum atomic E-state index is 12.3. The van der Waals surface area contributed by atoms with Crippen molar-refractivity contribution in [2.45, 2.75) is 46.9 Å². The van der Waals surface area contributed by atoms with Crippen LogP contribution in [0.4, 0.5) is 0 Å². The molecule has 0 unspecified atom stereocenters. The van der Waals surface area contributed by atoms with Gasteiger partial charge < -0.3 is 32.3 Å². The van der Waals surface area contributed by atoms with Gasteiger partial charge in [-0.2, -0.15) is 0 Å². The average molecular weight is 575 g/mol. The number of carbonyl (C=O) groups is 1. The van der Waals surface area contributed by atoms with Crippen LogP contribution in [0.5, 0.6) is 11.5 Å². The molecule has 0 fully saturated rings. The molecule has 2 aromatic carbocycles. The van der Waals surface area contributed by atoms with Crippen LogP contribution in [0.1, 0.15) is 45.7 Å². The van der Waals surface area contributed by atoms with Gasteiger partial charge in [0.25, 0.3) is 0 Å². The van der Waals surface area contributed by atoms with Gasteiger partial charge in [0.15, 0.2) is 6.79 Å². The Balaban J connectivity index is 0.000000380. The topological polar surface area (TPSA) is 116 Å². The molecule has 214 valence electrons. The predicted molar refractivity (Wildman–Crippen MR) is 146 cm³/mol. The van der Waals surface area contributed by atoms with Crippen molar-refractivity contribution >= 4 is 21.2 Å². The van der Waals surface area contributed by atoms with Gasteiger partial charge in [0.05, 0.1) is 38.8 Å². The van der Waals surface area contributed by atoms with Crippen LogP contribution in [0.3, 0.4) is 0 Å². The molecule has 12 heteroatoms. The molecule has 0 saturated heterocycles. The summed E-state index contributed by atoms with van der Waals surface area (Å²) in [5.41, 5.74) is 1.69. The second kappa shape index (κ2) is 18.3. The van der Waals surface area contributed by atoms with Crippen molar-refractivity contribution < 1.29 is 46.2 Å². The first-order valence-electron chi connectivity index (χ1n) is 12.4. The van der Waals surface area contributed by atoms with E-state index in [1.807, 2.05) is 12.1 Å². The first-order chi connectivity index (χ1) is 18.1. The second-order valence-electron chi connectivity index (χ2n) is 7.64. The van der Waals surface area contributed by atoms with Crippen LogP contribution in [0, 0.1) is 0 Å². The molecule has 0 bridgehead atoms. The number of hydrogen-bond acceptors (Lipinski definition) is 10. The second-order valence-corrected chi connectivity index (χ2v) is 11.8. The Bertz CT molecular complexity index is 1010. The summed E-state index contributed by atoms with van der Waals surface area (Å²) >= 11 is 0. The molecule has 0 saturated carbocycles. The summed E-state index contributed by atoms with van der Waals surface area (Å²) < 4.78 is 60.6. The fraction of sp³-hybridized carbons (Fsp3) is 0.500. The Morgan fingerprint density at radius 1 is 0.658 bits per heavy atom. The molecule has 0 amide bonds. The van der Waals surface area contributed by atoms with Crippen LogP contribution < -0.4 is 9.47 Å². The molecule has 0 heterocycles. The highest BCUT2D eigenvalue weighted by Crippen LogP contribution is 2.52. The number of esters is 1. The van der Waals surface area contributed by atoms with Crippen molar-refractivity contribution in [2.75, 3.05) is 40.3 Å². The molecule has 0 aliphatic heterocycles. The zero-order valence-electron chi connectivity index (χ0n) is 23.0. The van der Waals surface area contributed by atoms with E-state index >= 15 is 0 Å². The smallest absolute Gasteiger partial charge is 0.335 e. The van der Waals surface area contributed by atoms with E-state index in [4.69, 9.17) is 32.3 Å².